The summed E-state index contributed by atoms with van der Waals surface area (Å²) in [4.78, 5) is 11.3. The Hall–Kier alpha value is -1.67. The number of carbonyl (C=O) groups is 1. The van der Waals surface area contributed by atoms with Crippen molar-refractivity contribution in [3.05, 3.63) is 34.6 Å². The zero-order valence-corrected chi connectivity index (χ0v) is 9.55. The Labute approximate surface area is 107 Å². The predicted octanol–water partition coefficient (Wildman–Crippen LogP) is 4.30. The average Bonchev–Trinajstić information content (AvgIpc) is 2.32. The van der Waals surface area contributed by atoms with Crippen molar-refractivity contribution in [1.29, 1.82) is 0 Å². The molecule has 0 heterocycles. The summed E-state index contributed by atoms with van der Waals surface area (Å²) < 4.78 is 100. The normalized spacial score (nSPS) is 11.8. The molecule has 1 rings (SSSR count). The van der Waals surface area contributed by atoms with E-state index in [1.165, 1.54) is 0 Å². The highest BCUT2D eigenvalue weighted by atomic mass is 19.4. The van der Waals surface area contributed by atoms with E-state index in [9.17, 15) is 39.9 Å². The predicted molar refractivity (Wildman–Crippen MR) is 50.5 cm³/mol. The number of hydrogen-bond donors (Lipinski definition) is 0. The molecule has 0 fully saturated rings. The minimum Gasteiger partial charge on any atom is -0.294 e. The summed E-state index contributed by atoms with van der Waals surface area (Å²) in [5.74, 6) is -13.4. The van der Waals surface area contributed by atoms with Gasteiger partial charge in [-0.25, -0.2) is 22.0 Å². The molecule has 112 valence electrons. The number of Topliss-reactive ketones (excluding diaryl/α,β-unsaturated/α-hetero) is 1. The van der Waals surface area contributed by atoms with Crippen molar-refractivity contribution in [2.45, 2.75) is 25.4 Å². The molecule has 9 heteroatoms. The van der Waals surface area contributed by atoms with Crippen molar-refractivity contribution in [2.75, 3.05) is 0 Å². The van der Waals surface area contributed by atoms with Crippen LogP contribution < -0.4 is 0 Å². The fourth-order valence-corrected chi connectivity index (χ4v) is 1.42. The van der Waals surface area contributed by atoms with Crippen LogP contribution in [0.15, 0.2) is 0 Å². The Morgan fingerprint density at radius 1 is 0.800 bits per heavy atom. The monoisotopic (exact) mass is 306 g/mol. The first-order valence-electron chi connectivity index (χ1n) is 5.17. The first-order valence-corrected chi connectivity index (χ1v) is 5.17. The van der Waals surface area contributed by atoms with Crippen molar-refractivity contribution >= 4 is 5.78 Å². The maximum atomic E-state index is 13.2. The van der Waals surface area contributed by atoms with E-state index < -0.39 is 65.9 Å². The van der Waals surface area contributed by atoms with Gasteiger partial charge in [-0.2, -0.15) is 13.2 Å². The number of alkyl halides is 3. The molecular formula is C11H6F8O. The first-order chi connectivity index (χ1) is 9.06. The van der Waals surface area contributed by atoms with Crippen molar-refractivity contribution in [3.63, 3.8) is 0 Å². The smallest absolute Gasteiger partial charge is 0.294 e. The number of halogens is 8. The largest absolute Gasteiger partial charge is 0.389 e. The van der Waals surface area contributed by atoms with Gasteiger partial charge in [0.1, 0.15) is 0 Å². The maximum absolute atomic E-state index is 13.2. The molecule has 0 saturated heterocycles. The van der Waals surface area contributed by atoms with Gasteiger partial charge in [0.05, 0.1) is 5.56 Å². The summed E-state index contributed by atoms with van der Waals surface area (Å²) in [6.45, 7) is 0. The Morgan fingerprint density at radius 2 is 1.20 bits per heavy atom. The van der Waals surface area contributed by atoms with E-state index in [-0.39, 0.29) is 0 Å². The van der Waals surface area contributed by atoms with E-state index in [4.69, 9.17) is 0 Å². The molecule has 0 radical (unpaired) electrons. The molecule has 0 unspecified atom stereocenters. The summed E-state index contributed by atoms with van der Waals surface area (Å²) in [6.07, 6.45) is -7.80. The third-order valence-electron chi connectivity index (χ3n) is 2.35. The van der Waals surface area contributed by atoms with E-state index in [1.54, 1.807) is 0 Å². The molecule has 0 aliphatic carbocycles. The van der Waals surface area contributed by atoms with Gasteiger partial charge in [0.15, 0.2) is 29.1 Å². The van der Waals surface area contributed by atoms with Gasteiger partial charge < -0.3 is 0 Å². The second-order valence-electron chi connectivity index (χ2n) is 3.84. The second-order valence-corrected chi connectivity index (χ2v) is 3.84. The van der Waals surface area contributed by atoms with Crippen molar-refractivity contribution < 1.29 is 39.9 Å². The third kappa shape index (κ3) is 3.45. The van der Waals surface area contributed by atoms with E-state index in [0.717, 1.165) is 0 Å². The molecule has 0 aliphatic rings. The van der Waals surface area contributed by atoms with Crippen LogP contribution in [0.1, 0.15) is 29.6 Å². The number of ketones is 1. The third-order valence-corrected chi connectivity index (χ3v) is 2.35. The highest BCUT2D eigenvalue weighted by molar-refractivity contribution is 5.96. The molecule has 0 spiro atoms. The number of benzene rings is 1. The molecule has 1 nitrogen and oxygen atoms in total. The Morgan fingerprint density at radius 3 is 1.60 bits per heavy atom. The zero-order chi connectivity index (χ0) is 15.7. The van der Waals surface area contributed by atoms with Gasteiger partial charge >= 0.3 is 6.18 Å². The lowest BCUT2D eigenvalue weighted by Gasteiger charge is -2.08. The summed E-state index contributed by atoms with van der Waals surface area (Å²) in [7, 11) is 0. The van der Waals surface area contributed by atoms with Crippen LogP contribution >= 0.6 is 0 Å². The lowest BCUT2D eigenvalue weighted by molar-refractivity contribution is -0.135. The van der Waals surface area contributed by atoms with Gasteiger partial charge in [0.2, 0.25) is 5.82 Å². The fourth-order valence-electron chi connectivity index (χ4n) is 1.42. The number of rotatable bonds is 4. The molecule has 0 atom stereocenters. The topological polar surface area (TPSA) is 17.1 Å². The SMILES string of the molecule is O=C(CCCC(F)(F)F)c1c(F)c(F)c(F)c(F)c1F. The van der Waals surface area contributed by atoms with Crippen molar-refractivity contribution in [1.82, 2.24) is 0 Å². The minimum absolute atomic E-state index is 0.818. The van der Waals surface area contributed by atoms with E-state index in [2.05, 4.69) is 0 Å². The van der Waals surface area contributed by atoms with Gasteiger partial charge in [0.25, 0.3) is 0 Å². The highest BCUT2D eigenvalue weighted by Gasteiger charge is 2.31. The summed E-state index contributed by atoms with van der Waals surface area (Å²) in [5.41, 5.74) is -1.72. The van der Waals surface area contributed by atoms with Crippen molar-refractivity contribution in [3.8, 4) is 0 Å². The summed E-state index contributed by atoms with van der Waals surface area (Å²) in [6, 6.07) is 0. The second kappa shape index (κ2) is 5.76. The lowest BCUT2D eigenvalue weighted by atomic mass is 10.0. The van der Waals surface area contributed by atoms with Gasteiger partial charge in [-0.05, 0) is 6.42 Å². The van der Waals surface area contributed by atoms with Crippen LogP contribution in [0.4, 0.5) is 35.1 Å². The Kier molecular flexibility index (Phi) is 4.72. The van der Waals surface area contributed by atoms with Gasteiger partial charge in [-0.15, -0.1) is 0 Å². The molecule has 20 heavy (non-hydrogen) atoms. The molecule has 0 aromatic heterocycles. The molecule has 1 aromatic carbocycles. The molecule has 0 amide bonds. The molecule has 0 saturated carbocycles. The zero-order valence-electron chi connectivity index (χ0n) is 9.55. The standard InChI is InChI=1S/C11H6F8O/c12-6-5(4(20)2-1-3-11(17,18)19)7(13)9(15)10(16)8(6)14/h1-3H2. The fraction of sp³-hybridized carbons (Fsp3) is 0.364. The summed E-state index contributed by atoms with van der Waals surface area (Å²) >= 11 is 0. The van der Waals surface area contributed by atoms with E-state index in [1.807, 2.05) is 0 Å². The van der Waals surface area contributed by atoms with E-state index in [0.29, 0.717) is 0 Å². The van der Waals surface area contributed by atoms with Crippen LogP contribution in [-0.2, 0) is 0 Å². The van der Waals surface area contributed by atoms with Crippen LogP contribution in [0.2, 0.25) is 0 Å². The van der Waals surface area contributed by atoms with Gasteiger partial charge in [-0.3, -0.25) is 4.79 Å². The maximum Gasteiger partial charge on any atom is 0.389 e. The van der Waals surface area contributed by atoms with Crippen molar-refractivity contribution in [2.24, 2.45) is 0 Å². The molecule has 0 bridgehead atoms. The molecule has 0 aliphatic heterocycles. The van der Waals surface area contributed by atoms with Crippen LogP contribution in [0.5, 0.6) is 0 Å². The van der Waals surface area contributed by atoms with Crippen LogP contribution in [-0.4, -0.2) is 12.0 Å². The quantitative estimate of drug-likeness (QED) is 0.351. The minimum atomic E-state index is -4.59. The Balaban J connectivity index is 3.00. The molecular weight excluding hydrogens is 300 g/mol. The molecule has 1 aromatic rings. The van der Waals surface area contributed by atoms with Crippen LogP contribution in [0.3, 0.4) is 0 Å². The summed E-state index contributed by atoms with van der Waals surface area (Å²) in [5, 5.41) is 0. The number of carbonyl (C=O) groups excluding carboxylic acids is 1. The first kappa shape index (κ1) is 16.4. The number of hydrogen-bond acceptors (Lipinski definition) is 1. The van der Waals surface area contributed by atoms with Gasteiger partial charge in [0, 0.05) is 12.8 Å². The lowest BCUT2D eigenvalue weighted by Crippen LogP contribution is -2.14. The Bertz CT molecular complexity index is 505. The van der Waals surface area contributed by atoms with E-state index >= 15 is 0 Å². The van der Waals surface area contributed by atoms with Gasteiger partial charge in [-0.1, -0.05) is 0 Å². The van der Waals surface area contributed by atoms with Crippen LogP contribution in [0, 0.1) is 29.1 Å². The average molecular weight is 306 g/mol. The van der Waals surface area contributed by atoms with Crippen LogP contribution in [0.25, 0.3) is 0 Å². The molecule has 0 N–H and O–H groups in total. The highest BCUT2D eigenvalue weighted by Crippen LogP contribution is 2.26.